The quantitative estimate of drug-likeness (QED) is 0.847. The molecule has 0 fully saturated rings. The Bertz CT molecular complexity index is 232. The molecule has 1 N–H and O–H groups in total. The lowest BCUT2D eigenvalue weighted by atomic mass is 10.3. The summed E-state index contributed by atoms with van der Waals surface area (Å²) in [4.78, 5) is 1.44. The van der Waals surface area contributed by atoms with Gasteiger partial charge in [-0.15, -0.1) is 11.3 Å². The predicted molar refractivity (Wildman–Crippen MR) is 54.4 cm³/mol. The van der Waals surface area contributed by atoms with E-state index in [-0.39, 0.29) is 0 Å². The summed E-state index contributed by atoms with van der Waals surface area (Å²) in [5.41, 5.74) is 1.35. The van der Waals surface area contributed by atoms with E-state index in [2.05, 4.69) is 33.6 Å². The highest BCUT2D eigenvalue weighted by Crippen LogP contribution is 2.27. The molecular weight excluding hydrogens is 222 g/mol. The van der Waals surface area contributed by atoms with Gasteiger partial charge in [-0.05, 0) is 53.8 Å². The second kappa shape index (κ2) is 4.24. The van der Waals surface area contributed by atoms with Crippen LogP contribution in [-0.4, -0.2) is 13.6 Å². The minimum absolute atomic E-state index is 1.05. The molecule has 1 aromatic heterocycles. The van der Waals surface area contributed by atoms with Crippen molar-refractivity contribution in [3.63, 3.8) is 0 Å². The van der Waals surface area contributed by atoms with Crippen molar-refractivity contribution in [2.75, 3.05) is 13.6 Å². The summed E-state index contributed by atoms with van der Waals surface area (Å²) >= 11 is 5.39. The Morgan fingerprint density at radius 3 is 2.82 bits per heavy atom. The summed E-state index contributed by atoms with van der Waals surface area (Å²) in [5, 5.41) is 5.33. The standard InChI is InChI=1S/C8H12BrNS/c1-6-5-11-7(8(6)9)3-4-10-2/h5,10H,3-4H2,1-2H3. The van der Waals surface area contributed by atoms with E-state index >= 15 is 0 Å². The number of likely N-dealkylation sites (N-methyl/N-ethyl adjacent to an activating group) is 1. The Morgan fingerprint density at radius 1 is 1.64 bits per heavy atom. The Kier molecular flexibility index (Phi) is 3.55. The number of aryl methyl sites for hydroxylation is 1. The maximum Gasteiger partial charge on any atom is 0.0344 e. The third-order valence-corrected chi connectivity index (χ3v) is 4.10. The molecule has 0 atom stereocenters. The minimum atomic E-state index is 1.05. The van der Waals surface area contributed by atoms with Crippen LogP contribution in [0.3, 0.4) is 0 Å². The smallest absolute Gasteiger partial charge is 0.0344 e. The lowest BCUT2D eigenvalue weighted by Crippen LogP contribution is -2.09. The van der Waals surface area contributed by atoms with Crippen LogP contribution in [0.2, 0.25) is 0 Å². The maximum absolute atomic E-state index is 3.56. The fourth-order valence-electron chi connectivity index (χ4n) is 0.890. The van der Waals surface area contributed by atoms with Crippen molar-refractivity contribution >= 4 is 27.3 Å². The highest BCUT2D eigenvalue weighted by Gasteiger charge is 2.03. The summed E-state index contributed by atoms with van der Waals surface area (Å²) in [6, 6.07) is 0. The van der Waals surface area contributed by atoms with E-state index in [0.29, 0.717) is 0 Å². The Balaban J connectivity index is 2.63. The second-order valence-electron chi connectivity index (χ2n) is 2.51. The Labute approximate surface area is 79.9 Å². The first-order chi connectivity index (χ1) is 5.25. The molecule has 0 spiro atoms. The summed E-state index contributed by atoms with van der Waals surface area (Å²) in [7, 11) is 1.98. The zero-order valence-corrected chi connectivity index (χ0v) is 9.18. The van der Waals surface area contributed by atoms with E-state index in [4.69, 9.17) is 0 Å². The molecule has 0 radical (unpaired) electrons. The van der Waals surface area contributed by atoms with Gasteiger partial charge in [-0.3, -0.25) is 0 Å². The Morgan fingerprint density at radius 2 is 2.36 bits per heavy atom. The van der Waals surface area contributed by atoms with Crippen LogP contribution in [0.15, 0.2) is 9.85 Å². The van der Waals surface area contributed by atoms with Crippen molar-refractivity contribution in [1.82, 2.24) is 5.32 Å². The van der Waals surface area contributed by atoms with Crippen molar-refractivity contribution < 1.29 is 0 Å². The average molecular weight is 234 g/mol. The van der Waals surface area contributed by atoms with Crippen molar-refractivity contribution in [2.24, 2.45) is 0 Å². The molecule has 1 nitrogen and oxygen atoms in total. The molecule has 1 rings (SSSR count). The van der Waals surface area contributed by atoms with Crippen LogP contribution in [0.4, 0.5) is 0 Å². The van der Waals surface area contributed by atoms with Gasteiger partial charge in [-0.2, -0.15) is 0 Å². The summed E-state index contributed by atoms with van der Waals surface area (Å²) in [5.74, 6) is 0. The summed E-state index contributed by atoms with van der Waals surface area (Å²) < 4.78 is 1.29. The van der Waals surface area contributed by atoms with Crippen LogP contribution in [0, 0.1) is 6.92 Å². The molecule has 0 unspecified atom stereocenters. The van der Waals surface area contributed by atoms with Crippen molar-refractivity contribution in [2.45, 2.75) is 13.3 Å². The highest BCUT2D eigenvalue weighted by molar-refractivity contribution is 9.10. The molecule has 0 aromatic carbocycles. The van der Waals surface area contributed by atoms with Crippen LogP contribution in [0.1, 0.15) is 10.4 Å². The van der Waals surface area contributed by atoms with E-state index in [1.54, 1.807) is 0 Å². The van der Waals surface area contributed by atoms with Gasteiger partial charge in [0, 0.05) is 9.35 Å². The van der Waals surface area contributed by atoms with Crippen molar-refractivity contribution in [3.8, 4) is 0 Å². The van der Waals surface area contributed by atoms with Crippen molar-refractivity contribution in [1.29, 1.82) is 0 Å². The van der Waals surface area contributed by atoms with Crippen LogP contribution in [-0.2, 0) is 6.42 Å². The van der Waals surface area contributed by atoms with Crippen molar-refractivity contribution in [3.05, 3.63) is 20.3 Å². The SMILES string of the molecule is CNCCc1scc(C)c1Br. The van der Waals surface area contributed by atoms with Gasteiger partial charge < -0.3 is 5.32 Å². The molecule has 3 heteroatoms. The molecule has 0 bridgehead atoms. The second-order valence-corrected chi connectivity index (χ2v) is 4.27. The number of hydrogen-bond donors (Lipinski definition) is 1. The molecular formula is C8H12BrNS. The highest BCUT2D eigenvalue weighted by atomic mass is 79.9. The van der Waals surface area contributed by atoms with E-state index < -0.39 is 0 Å². The van der Waals surface area contributed by atoms with E-state index in [1.165, 1.54) is 14.9 Å². The first-order valence-corrected chi connectivity index (χ1v) is 5.30. The normalized spacial score (nSPS) is 10.5. The van der Waals surface area contributed by atoms with Gasteiger partial charge in [-0.1, -0.05) is 0 Å². The first-order valence-electron chi connectivity index (χ1n) is 3.62. The van der Waals surface area contributed by atoms with Crippen LogP contribution in [0.5, 0.6) is 0 Å². The van der Waals surface area contributed by atoms with E-state index in [9.17, 15) is 0 Å². The van der Waals surface area contributed by atoms with Gasteiger partial charge in [-0.25, -0.2) is 0 Å². The van der Waals surface area contributed by atoms with Gasteiger partial charge in [0.1, 0.15) is 0 Å². The van der Waals surface area contributed by atoms with Gasteiger partial charge in [0.15, 0.2) is 0 Å². The van der Waals surface area contributed by atoms with Gasteiger partial charge in [0.25, 0.3) is 0 Å². The molecule has 62 valence electrons. The zero-order valence-electron chi connectivity index (χ0n) is 6.78. The molecule has 0 amide bonds. The molecule has 0 aliphatic heterocycles. The number of thiophene rings is 1. The van der Waals surface area contributed by atoms with Crippen LogP contribution < -0.4 is 5.32 Å². The van der Waals surface area contributed by atoms with Crippen LogP contribution in [0.25, 0.3) is 0 Å². The lowest BCUT2D eigenvalue weighted by Gasteiger charge is -1.97. The third-order valence-electron chi connectivity index (χ3n) is 1.57. The zero-order chi connectivity index (χ0) is 8.27. The van der Waals surface area contributed by atoms with E-state index in [1.807, 2.05) is 18.4 Å². The molecule has 1 heterocycles. The minimum Gasteiger partial charge on any atom is -0.319 e. The number of nitrogens with one attached hydrogen (secondary N) is 1. The molecule has 0 saturated heterocycles. The lowest BCUT2D eigenvalue weighted by molar-refractivity contribution is 0.797. The van der Waals surface area contributed by atoms with Crippen LogP contribution >= 0.6 is 27.3 Å². The fraction of sp³-hybridized carbons (Fsp3) is 0.500. The molecule has 0 aliphatic rings. The first kappa shape index (κ1) is 9.23. The topological polar surface area (TPSA) is 12.0 Å². The van der Waals surface area contributed by atoms with E-state index in [0.717, 1.165) is 13.0 Å². The molecule has 0 aliphatic carbocycles. The molecule has 0 saturated carbocycles. The third kappa shape index (κ3) is 2.29. The number of rotatable bonds is 3. The Hall–Kier alpha value is 0.140. The largest absolute Gasteiger partial charge is 0.319 e. The molecule has 11 heavy (non-hydrogen) atoms. The number of hydrogen-bond acceptors (Lipinski definition) is 2. The average Bonchev–Trinajstić information content (AvgIpc) is 2.31. The fourth-order valence-corrected chi connectivity index (χ4v) is 2.56. The van der Waals surface area contributed by atoms with Gasteiger partial charge in [0.05, 0.1) is 0 Å². The predicted octanol–water partition coefficient (Wildman–Crippen LogP) is 2.58. The summed E-state index contributed by atoms with van der Waals surface area (Å²) in [6.07, 6.45) is 1.12. The van der Waals surface area contributed by atoms with Gasteiger partial charge >= 0.3 is 0 Å². The molecule has 1 aromatic rings. The monoisotopic (exact) mass is 233 g/mol. The summed E-state index contributed by atoms with van der Waals surface area (Å²) in [6.45, 7) is 3.18. The number of halogens is 1. The van der Waals surface area contributed by atoms with Gasteiger partial charge in [0.2, 0.25) is 0 Å². The maximum atomic E-state index is 3.56.